The number of pyridine rings is 1. The lowest BCUT2D eigenvalue weighted by atomic mass is 10.1. The molecule has 3 rings (SSSR count). The lowest BCUT2D eigenvalue weighted by molar-refractivity contribution is -0.141. The molecule has 0 amide bonds. The zero-order chi connectivity index (χ0) is 25.6. The van der Waals surface area contributed by atoms with Gasteiger partial charge in [-0.15, -0.1) is 11.8 Å². The summed E-state index contributed by atoms with van der Waals surface area (Å²) in [5.41, 5.74) is 1.11. The van der Waals surface area contributed by atoms with Gasteiger partial charge >= 0.3 is 6.18 Å². The fourth-order valence-corrected chi connectivity index (χ4v) is 4.27. The van der Waals surface area contributed by atoms with Gasteiger partial charge in [0, 0.05) is 16.9 Å². The standard InChI is InChI=1S/C26H21F3N2O3S/c1-16-11-24(26(27,28)29)31-25(21(16)14-30)35-15-19-12-17(8-10-23(19)34-3)7-9-22(32)18-5-4-6-20(13-18)33-2/h4-13H,15H2,1-3H3/b9-7+. The summed E-state index contributed by atoms with van der Waals surface area (Å²) in [6.45, 7) is 1.45. The fraction of sp³-hybridized carbons (Fsp3) is 0.192. The Bertz CT molecular complexity index is 1310. The topological polar surface area (TPSA) is 72.2 Å². The number of methoxy groups -OCH3 is 2. The summed E-state index contributed by atoms with van der Waals surface area (Å²) in [4.78, 5) is 16.2. The number of alkyl halides is 3. The van der Waals surface area contributed by atoms with E-state index in [0.717, 1.165) is 17.8 Å². The summed E-state index contributed by atoms with van der Waals surface area (Å²) < 4.78 is 50.2. The van der Waals surface area contributed by atoms with Gasteiger partial charge < -0.3 is 9.47 Å². The van der Waals surface area contributed by atoms with Crippen LogP contribution in [0.3, 0.4) is 0 Å². The Morgan fingerprint density at radius 3 is 2.57 bits per heavy atom. The largest absolute Gasteiger partial charge is 0.497 e. The van der Waals surface area contributed by atoms with Crippen LogP contribution in [0.25, 0.3) is 6.08 Å². The first-order chi connectivity index (χ1) is 16.7. The van der Waals surface area contributed by atoms with E-state index in [0.29, 0.717) is 28.2 Å². The summed E-state index contributed by atoms with van der Waals surface area (Å²) >= 11 is 1.01. The van der Waals surface area contributed by atoms with Crippen LogP contribution in [0, 0.1) is 18.3 Å². The van der Waals surface area contributed by atoms with E-state index in [4.69, 9.17) is 9.47 Å². The van der Waals surface area contributed by atoms with Gasteiger partial charge in [-0.1, -0.05) is 24.3 Å². The fourth-order valence-electron chi connectivity index (χ4n) is 3.23. The molecular weight excluding hydrogens is 477 g/mol. The van der Waals surface area contributed by atoms with Gasteiger partial charge in [0.2, 0.25) is 0 Å². The predicted molar refractivity (Wildman–Crippen MR) is 128 cm³/mol. The Kier molecular flexibility index (Phi) is 8.20. The molecule has 0 unspecified atom stereocenters. The number of ether oxygens (including phenoxy) is 2. The SMILES string of the molecule is COc1cccc(C(=O)/C=C/c2ccc(OC)c(CSc3nc(C(F)(F)F)cc(C)c3C#N)c2)c1. The van der Waals surface area contributed by atoms with E-state index in [1.807, 2.05) is 6.07 Å². The van der Waals surface area contributed by atoms with Gasteiger partial charge in [-0.2, -0.15) is 18.4 Å². The number of aryl methyl sites for hydroxylation is 1. The van der Waals surface area contributed by atoms with Crippen molar-refractivity contribution >= 4 is 23.6 Å². The molecule has 0 saturated carbocycles. The Labute approximate surface area is 205 Å². The number of carbonyl (C=O) groups excluding carboxylic acids is 1. The average molecular weight is 499 g/mol. The summed E-state index contributed by atoms with van der Waals surface area (Å²) in [5.74, 6) is 1.09. The van der Waals surface area contributed by atoms with Crippen molar-refractivity contribution in [2.24, 2.45) is 0 Å². The van der Waals surface area contributed by atoms with Crippen molar-refractivity contribution in [3.05, 3.63) is 88.1 Å². The molecule has 1 heterocycles. The molecule has 35 heavy (non-hydrogen) atoms. The third-order valence-electron chi connectivity index (χ3n) is 5.04. The smallest absolute Gasteiger partial charge is 0.433 e. The van der Waals surface area contributed by atoms with Crippen molar-refractivity contribution in [1.29, 1.82) is 5.26 Å². The molecule has 0 radical (unpaired) electrons. The second-order valence-electron chi connectivity index (χ2n) is 7.40. The van der Waals surface area contributed by atoms with Crippen molar-refractivity contribution in [2.45, 2.75) is 23.9 Å². The first-order valence-electron chi connectivity index (χ1n) is 10.3. The number of nitrogens with zero attached hydrogens (tertiary/aromatic N) is 2. The first kappa shape index (κ1) is 25.8. The van der Waals surface area contributed by atoms with Crippen molar-refractivity contribution in [2.75, 3.05) is 14.2 Å². The number of hydrogen-bond acceptors (Lipinski definition) is 6. The van der Waals surface area contributed by atoms with E-state index in [1.165, 1.54) is 27.2 Å². The number of halogens is 3. The lowest BCUT2D eigenvalue weighted by Crippen LogP contribution is -2.10. The Hall–Kier alpha value is -3.77. The van der Waals surface area contributed by atoms with Crippen LogP contribution in [0.4, 0.5) is 13.2 Å². The number of allylic oxidation sites excluding steroid dienone is 1. The number of benzene rings is 2. The Morgan fingerprint density at radius 2 is 1.91 bits per heavy atom. The molecule has 0 fully saturated rings. The number of rotatable bonds is 8. The van der Waals surface area contributed by atoms with Gasteiger partial charge in [-0.05, 0) is 54.5 Å². The molecule has 180 valence electrons. The van der Waals surface area contributed by atoms with Crippen LogP contribution >= 0.6 is 11.8 Å². The van der Waals surface area contributed by atoms with Crippen LogP contribution in [0.15, 0.2) is 59.6 Å². The van der Waals surface area contributed by atoms with Crippen LogP contribution in [0.2, 0.25) is 0 Å². The van der Waals surface area contributed by atoms with Crippen LogP contribution in [-0.4, -0.2) is 25.0 Å². The zero-order valence-electron chi connectivity index (χ0n) is 19.1. The first-order valence-corrected chi connectivity index (χ1v) is 11.3. The molecule has 2 aromatic carbocycles. The number of thioether (sulfide) groups is 1. The number of carbonyl (C=O) groups is 1. The van der Waals surface area contributed by atoms with Gasteiger partial charge in [0.1, 0.15) is 28.3 Å². The maximum absolute atomic E-state index is 13.2. The molecule has 0 saturated heterocycles. The molecule has 9 heteroatoms. The third kappa shape index (κ3) is 6.43. The molecule has 1 aromatic heterocycles. The molecule has 0 aliphatic rings. The highest BCUT2D eigenvalue weighted by atomic mass is 32.2. The van der Waals surface area contributed by atoms with Crippen molar-refractivity contribution in [3.8, 4) is 17.6 Å². The summed E-state index contributed by atoms with van der Waals surface area (Å²) in [6, 6.07) is 14.8. The Morgan fingerprint density at radius 1 is 1.14 bits per heavy atom. The van der Waals surface area contributed by atoms with Crippen LogP contribution < -0.4 is 9.47 Å². The molecule has 5 nitrogen and oxygen atoms in total. The van der Waals surface area contributed by atoms with Gasteiger partial charge in [-0.3, -0.25) is 4.79 Å². The molecule has 0 N–H and O–H groups in total. The van der Waals surface area contributed by atoms with E-state index in [1.54, 1.807) is 48.5 Å². The number of aromatic nitrogens is 1. The van der Waals surface area contributed by atoms with Crippen LogP contribution in [-0.2, 0) is 11.9 Å². The van der Waals surface area contributed by atoms with E-state index in [2.05, 4.69) is 4.98 Å². The van der Waals surface area contributed by atoms with Crippen LogP contribution in [0.1, 0.15) is 38.3 Å². The predicted octanol–water partition coefficient (Wildman–Crippen LogP) is 6.49. The van der Waals surface area contributed by atoms with Crippen molar-refractivity contribution < 1.29 is 27.4 Å². The molecule has 3 aromatic rings. The normalized spacial score (nSPS) is 11.3. The second kappa shape index (κ2) is 11.1. The Balaban J connectivity index is 1.85. The zero-order valence-corrected chi connectivity index (χ0v) is 20.0. The lowest BCUT2D eigenvalue weighted by Gasteiger charge is -2.13. The van der Waals surface area contributed by atoms with E-state index < -0.39 is 11.9 Å². The van der Waals surface area contributed by atoms with E-state index in [-0.39, 0.29) is 27.7 Å². The third-order valence-corrected chi connectivity index (χ3v) is 6.06. The quantitative estimate of drug-likeness (QED) is 0.201. The molecule has 0 atom stereocenters. The number of nitriles is 1. The molecule has 0 aliphatic carbocycles. The highest BCUT2D eigenvalue weighted by Crippen LogP contribution is 2.35. The van der Waals surface area contributed by atoms with Gasteiger partial charge in [0.15, 0.2) is 5.78 Å². The minimum atomic E-state index is -4.62. The molecular formula is C26H21F3N2O3S. The maximum Gasteiger partial charge on any atom is 0.433 e. The van der Waals surface area contributed by atoms with Gasteiger partial charge in [0.25, 0.3) is 0 Å². The second-order valence-corrected chi connectivity index (χ2v) is 8.37. The molecule has 0 spiro atoms. The van der Waals surface area contributed by atoms with Crippen molar-refractivity contribution in [1.82, 2.24) is 4.98 Å². The van der Waals surface area contributed by atoms with Crippen LogP contribution in [0.5, 0.6) is 11.5 Å². The summed E-state index contributed by atoms with van der Waals surface area (Å²) in [7, 11) is 3.00. The van der Waals surface area contributed by atoms with E-state index >= 15 is 0 Å². The summed E-state index contributed by atoms with van der Waals surface area (Å²) in [5, 5.41) is 9.42. The van der Waals surface area contributed by atoms with E-state index in [9.17, 15) is 23.2 Å². The highest BCUT2D eigenvalue weighted by Gasteiger charge is 2.34. The number of hydrogen-bond donors (Lipinski definition) is 0. The highest BCUT2D eigenvalue weighted by molar-refractivity contribution is 7.98. The monoisotopic (exact) mass is 498 g/mol. The average Bonchev–Trinajstić information content (AvgIpc) is 2.85. The van der Waals surface area contributed by atoms with Crippen molar-refractivity contribution in [3.63, 3.8) is 0 Å². The minimum absolute atomic E-state index is 0.00368. The maximum atomic E-state index is 13.2. The minimum Gasteiger partial charge on any atom is -0.497 e. The van der Waals surface area contributed by atoms with Gasteiger partial charge in [-0.25, -0.2) is 4.98 Å². The van der Waals surface area contributed by atoms with Gasteiger partial charge in [0.05, 0.1) is 19.8 Å². The number of ketones is 1. The molecule has 0 bridgehead atoms. The summed E-state index contributed by atoms with van der Waals surface area (Å²) in [6.07, 6.45) is -1.55. The molecule has 0 aliphatic heterocycles.